The van der Waals surface area contributed by atoms with Gasteiger partial charge in [0.1, 0.15) is 0 Å². The minimum atomic E-state index is -4.46. The molecule has 0 bridgehead atoms. The Labute approximate surface area is 181 Å². The van der Waals surface area contributed by atoms with Gasteiger partial charge < -0.3 is 24.0 Å². The molecule has 4 rings (SSSR count). The lowest BCUT2D eigenvalue weighted by atomic mass is 10.00. The van der Waals surface area contributed by atoms with E-state index in [4.69, 9.17) is 27.8 Å². The van der Waals surface area contributed by atoms with Gasteiger partial charge in [0, 0.05) is 38.9 Å². The lowest BCUT2D eigenvalue weighted by Gasteiger charge is -2.25. The lowest BCUT2D eigenvalue weighted by molar-refractivity contribution is -0.0306. The largest absolute Gasteiger partial charge is 0.472 e. The highest BCUT2D eigenvalue weighted by molar-refractivity contribution is 7.47. The van der Waals surface area contributed by atoms with Crippen molar-refractivity contribution < 1.29 is 51.2 Å². The van der Waals surface area contributed by atoms with Gasteiger partial charge in [-0.1, -0.05) is 0 Å². The average molecular weight is 486 g/mol. The molecule has 0 amide bonds. The number of methoxy groups -OCH3 is 1. The molecule has 2 aliphatic heterocycles. The van der Waals surface area contributed by atoms with E-state index in [1.54, 1.807) is 7.11 Å². The van der Waals surface area contributed by atoms with E-state index in [-0.39, 0.29) is 42.7 Å². The summed E-state index contributed by atoms with van der Waals surface area (Å²) in [7, 11) is -6.03. The van der Waals surface area contributed by atoms with Crippen LogP contribution in [-0.4, -0.2) is 72.8 Å². The minimum absolute atomic E-state index is 0.0265. The Bertz CT molecular complexity index is 750. The molecule has 2 saturated heterocycles. The number of phosphoric acid groups is 2. The normalized spacial score (nSPS) is 48.3. The third-order valence-electron chi connectivity index (χ3n) is 6.79. The van der Waals surface area contributed by atoms with Crippen LogP contribution >= 0.6 is 15.6 Å². The van der Waals surface area contributed by atoms with Crippen molar-refractivity contribution in [3.05, 3.63) is 0 Å². The van der Waals surface area contributed by atoms with Crippen LogP contribution in [0.25, 0.3) is 0 Å². The number of rotatable bonds is 8. The highest BCUT2D eigenvalue weighted by Crippen LogP contribution is 2.57. The van der Waals surface area contributed by atoms with E-state index in [2.05, 4.69) is 4.52 Å². The van der Waals surface area contributed by atoms with Gasteiger partial charge in [0.2, 0.25) is 0 Å². The SMILES string of the molecule is CO[C@@H]1C[C@@H](OP(=O)(O)O[C@@H]2C[C@@H](OP(=O)(O)OC)[C@H]3O[C@H](C)C[C@H]32)[C@H]2O[C@H](C)C[C@H]21. The summed E-state index contributed by atoms with van der Waals surface area (Å²) in [5, 5.41) is 0. The molecule has 2 saturated carbocycles. The topological polar surface area (TPSA) is 139 Å². The molecule has 4 fully saturated rings. The zero-order valence-corrected chi connectivity index (χ0v) is 19.9. The summed E-state index contributed by atoms with van der Waals surface area (Å²) >= 11 is 0. The van der Waals surface area contributed by atoms with Crippen LogP contribution in [-0.2, 0) is 41.4 Å². The van der Waals surface area contributed by atoms with Crippen molar-refractivity contribution in [3.63, 3.8) is 0 Å². The van der Waals surface area contributed by atoms with Crippen LogP contribution in [0.1, 0.15) is 39.5 Å². The quantitative estimate of drug-likeness (QED) is 0.489. The molecule has 0 spiro atoms. The molecule has 180 valence electrons. The maximum absolute atomic E-state index is 12.9. The Kier molecular flexibility index (Phi) is 7.07. The Balaban J connectivity index is 1.43. The predicted octanol–water partition coefficient (Wildman–Crippen LogP) is 2.40. The van der Waals surface area contributed by atoms with E-state index in [1.165, 1.54) is 0 Å². The number of hydrogen-bond acceptors (Lipinski definition) is 9. The van der Waals surface area contributed by atoms with Gasteiger partial charge in [-0.05, 0) is 26.7 Å². The van der Waals surface area contributed by atoms with Crippen LogP contribution in [0.2, 0.25) is 0 Å². The molecule has 0 aromatic heterocycles. The Hall–Kier alpha value is 0.1000. The van der Waals surface area contributed by atoms with Crippen molar-refractivity contribution in [2.24, 2.45) is 11.8 Å². The van der Waals surface area contributed by atoms with Crippen LogP contribution in [0.15, 0.2) is 0 Å². The van der Waals surface area contributed by atoms with Crippen LogP contribution < -0.4 is 0 Å². The molecule has 4 aliphatic rings. The van der Waals surface area contributed by atoms with Gasteiger partial charge in [-0.25, -0.2) is 9.13 Å². The van der Waals surface area contributed by atoms with Gasteiger partial charge in [0.25, 0.3) is 0 Å². The zero-order chi connectivity index (χ0) is 22.6. The molecule has 12 atom stereocenters. The van der Waals surface area contributed by atoms with Crippen molar-refractivity contribution in [1.82, 2.24) is 0 Å². The first kappa shape index (κ1) is 24.2. The van der Waals surface area contributed by atoms with Gasteiger partial charge in [-0.3, -0.25) is 18.1 Å². The van der Waals surface area contributed by atoms with E-state index in [1.807, 2.05) is 13.8 Å². The fourth-order valence-corrected chi connectivity index (χ4v) is 7.41. The monoisotopic (exact) mass is 486 g/mol. The summed E-state index contributed by atoms with van der Waals surface area (Å²) in [6, 6.07) is 0. The molecular weight excluding hydrogens is 454 g/mol. The van der Waals surface area contributed by atoms with Gasteiger partial charge in [0.15, 0.2) is 0 Å². The average Bonchev–Trinajstić information content (AvgIpc) is 3.39. The predicted molar refractivity (Wildman–Crippen MR) is 106 cm³/mol. The van der Waals surface area contributed by atoms with Crippen molar-refractivity contribution in [3.8, 4) is 0 Å². The second-order valence-electron chi connectivity index (χ2n) is 8.92. The lowest BCUT2D eigenvalue weighted by Crippen LogP contribution is -2.28. The molecule has 2 aliphatic carbocycles. The highest BCUT2D eigenvalue weighted by atomic mass is 31.2. The fraction of sp³-hybridized carbons (Fsp3) is 1.00. The summed E-state index contributed by atoms with van der Waals surface area (Å²) in [6.07, 6.45) is -1.32. The van der Waals surface area contributed by atoms with Gasteiger partial charge in [-0.2, -0.15) is 0 Å². The standard InChI is InChI=1S/C18H32O11P2/c1-9-5-11-13(23-3)7-15(17(11)25-9)29-31(21,22)27-14-8-16(28-30(19,20)24-4)18-12(14)6-10(2)26-18/h9-18H,5-8H2,1-4H3,(H,19,20)(H,21,22)/t9-,10-,11+,12+,13-,14-,15-,16-,17+,18+/m1/s1. The third-order valence-corrected chi connectivity index (χ3v) is 8.86. The molecule has 11 nitrogen and oxygen atoms in total. The Morgan fingerprint density at radius 3 is 1.68 bits per heavy atom. The summed E-state index contributed by atoms with van der Waals surface area (Å²) in [4.78, 5) is 20.2. The van der Waals surface area contributed by atoms with Crippen LogP contribution in [0.5, 0.6) is 0 Å². The van der Waals surface area contributed by atoms with Crippen LogP contribution in [0, 0.1) is 11.8 Å². The molecule has 0 aromatic carbocycles. The van der Waals surface area contributed by atoms with Crippen molar-refractivity contribution >= 4 is 15.6 Å². The smallest absolute Gasteiger partial charge is 0.381 e. The van der Waals surface area contributed by atoms with Crippen molar-refractivity contribution in [1.29, 1.82) is 0 Å². The third kappa shape index (κ3) is 5.12. The van der Waals surface area contributed by atoms with E-state index < -0.39 is 40.1 Å². The first-order valence-corrected chi connectivity index (χ1v) is 13.6. The Morgan fingerprint density at radius 2 is 1.16 bits per heavy atom. The number of phosphoric ester groups is 2. The summed E-state index contributed by atoms with van der Waals surface area (Å²) in [5.74, 6) is -0.165. The number of hydrogen-bond donors (Lipinski definition) is 2. The summed E-state index contributed by atoms with van der Waals surface area (Å²) < 4.78 is 62.9. The highest BCUT2D eigenvalue weighted by Gasteiger charge is 2.56. The first-order valence-electron chi connectivity index (χ1n) is 10.6. The number of ether oxygens (including phenoxy) is 3. The molecule has 0 radical (unpaired) electrons. The fourth-order valence-electron chi connectivity index (χ4n) is 5.59. The van der Waals surface area contributed by atoms with Crippen LogP contribution in [0.4, 0.5) is 0 Å². The van der Waals surface area contributed by atoms with Gasteiger partial charge >= 0.3 is 15.6 Å². The second kappa shape index (κ2) is 9.04. The Morgan fingerprint density at radius 1 is 0.710 bits per heavy atom. The summed E-state index contributed by atoms with van der Waals surface area (Å²) in [5.41, 5.74) is 0. The van der Waals surface area contributed by atoms with E-state index in [0.717, 1.165) is 13.5 Å². The first-order chi connectivity index (χ1) is 14.5. The molecule has 13 heteroatoms. The molecule has 2 N–H and O–H groups in total. The van der Waals surface area contributed by atoms with Gasteiger partial charge in [-0.15, -0.1) is 0 Å². The molecular formula is C18H32O11P2. The van der Waals surface area contributed by atoms with E-state index in [9.17, 15) is 18.9 Å². The molecule has 2 heterocycles. The van der Waals surface area contributed by atoms with E-state index >= 15 is 0 Å². The van der Waals surface area contributed by atoms with Crippen molar-refractivity contribution in [2.75, 3.05) is 14.2 Å². The van der Waals surface area contributed by atoms with Gasteiger partial charge in [0.05, 0.1) is 48.8 Å². The maximum Gasteiger partial charge on any atom is 0.472 e. The molecule has 0 aromatic rings. The molecule has 2 unspecified atom stereocenters. The zero-order valence-electron chi connectivity index (χ0n) is 18.1. The van der Waals surface area contributed by atoms with Crippen molar-refractivity contribution in [2.45, 2.75) is 88.4 Å². The maximum atomic E-state index is 12.9. The second-order valence-corrected chi connectivity index (χ2v) is 11.8. The number of fused-ring (bicyclic) bond motifs is 2. The summed E-state index contributed by atoms with van der Waals surface area (Å²) in [6.45, 7) is 3.82. The minimum Gasteiger partial charge on any atom is -0.381 e. The molecule has 31 heavy (non-hydrogen) atoms. The van der Waals surface area contributed by atoms with E-state index in [0.29, 0.717) is 12.8 Å². The van der Waals surface area contributed by atoms with Crippen LogP contribution in [0.3, 0.4) is 0 Å².